The summed E-state index contributed by atoms with van der Waals surface area (Å²) in [6.45, 7) is 16.6. The second-order valence-corrected chi connectivity index (χ2v) is 13.3. The maximum Gasteiger partial charge on any atom is 0.302 e. The van der Waals surface area contributed by atoms with E-state index in [-0.39, 0.29) is 12.1 Å². The third kappa shape index (κ3) is 4.22. The molecule has 0 amide bonds. The van der Waals surface area contributed by atoms with Crippen molar-refractivity contribution in [2.24, 2.45) is 52.3 Å². The van der Waals surface area contributed by atoms with Crippen molar-refractivity contribution in [3.8, 4) is 0 Å². The summed E-state index contributed by atoms with van der Waals surface area (Å²) >= 11 is 0. The number of esters is 1. The van der Waals surface area contributed by atoms with Gasteiger partial charge in [-0.05, 0) is 104 Å². The maximum atomic E-state index is 11.5. The lowest BCUT2D eigenvalue weighted by molar-refractivity contribution is -0.152. The van der Waals surface area contributed by atoms with Gasteiger partial charge in [-0.1, -0.05) is 66.0 Å². The standard InChI is InChI=1S/C30H50O2/c1-19(2)20(3)8-9-21(4)26-12-13-27-25-11-10-23-18-24(32-22(5)31)14-16-29(23,6)28(25)15-17-30(26,27)7/h11,19-21,23-24,26-28H,8-10,12-18H2,1-7H3/t20-,21+,23-,24+,26-,27-,28+,29+,30-/m0/s1. The number of carbonyl (C=O) groups is 1. The fourth-order valence-corrected chi connectivity index (χ4v) is 8.85. The van der Waals surface area contributed by atoms with E-state index in [9.17, 15) is 4.79 Å². The van der Waals surface area contributed by atoms with Gasteiger partial charge in [-0.15, -0.1) is 0 Å². The molecule has 3 fully saturated rings. The molecule has 0 aliphatic heterocycles. The van der Waals surface area contributed by atoms with Gasteiger partial charge < -0.3 is 4.74 Å². The molecule has 0 heterocycles. The van der Waals surface area contributed by atoms with Gasteiger partial charge >= 0.3 is 5.97 Å². The largest absolute Gasteiger partial charge is 0.463 e. The molecule has 182 valence electrons. The minimum atomic E-state index is -0.104. The second kappa shape index (κ2) is 9.10. The number of hydrogen-bond donors (Lipinski definition) is 0. The molecule has 0 N–H and O–H groups in total. The van der Waals surface area contributed by atoms with Gasteiger partial charge in [0.25, 0.3) is 0 Å². The number of hydrogen-bond acceptors (Lipinski definition) is 2. The average Bonchev–Trinajstić information content (AvgIpc) is 3.08. The highest BCUT2D eigenvalue weighted by atomic mass is 16.5. The summed E-state index contributed by atoms with van der Waals surface area (Å²) in [7, 11) is 0. The fraction of sp³-hybridized carbons (Fsp3) is 0.900. The van der Waals surface area contributed by atoms with Crippen molar-refractivity contribution in [2.75, 3.05) is 0 Å². The number of carbonyl (C=O) groups excluding carboxylic acids is 1. The molecule has 3 saturated carbocycles. The van der Waals surface area contributed by atoms with E-state index in [4.69, 9.17) is 4.74 Å². The van der Waals surface area contributed by atoms with Crippen LogP contribution in [0, 0.1) is 52.3 Å². The minimum absolute atomic E-state index is 0.104. The predicted octanol–water partition coefficient (Wildman–Crippen LogP) is 8.21. The average molecular weight is 443 g/mol. The normalized spacial score (nSPS) is 43.0. The molecule has 4 aliphatic rings. The Morgan fingerprint density at radius 3 is 2.38 bits per heavy atom. The van der Waals surface area contributed by atoms with Crippen LogP contribution in [0.1, 0.15) is 113 Å². The van der Waals surface area contributed by atoms with Crippen LogP contribution in [-0.2, 0) is 9.53 Å². The van der Waals surface area contributed by atoms with Gasteiger partial charge in [-0.25, -0.2) is 0 Å². The zero-order valence-corrected chi connectivity index (χ0v) is 22.1. The van der Waals surface area contributed by atoms with Crippen LogP contribution >= 0.6 is 0 Å². The van der Waals surface area contributed by atoms with Gasteiger partial charge in [0.15, 0.2) is 0 Å². The zero-order valence-electron chi connectivity index (χ0n) is 22.1. The van der Waals surface area contributed by atoms with Crippen molar-refractivity contribution >= 4 is 5.97 Å². The highest BCUT2D eigenvalue weighted by molar-refractivity contribution is 5.66. The third-order valence-electron chi connectivity index (χ3n) is 11.3. The van der Waals surface area contributed by atoms with Crippen molar-refractivity contribution in [1.82, 2.24) is 0 Å². The molecule has 4 rings (SSSR count). The van der Waals surface area contributed by atoms with E-state index in [1.54, 1.807) is 6.92 Å². The summed E-state index contributed by atoms with van der Waals surface area (Å²) in [6, 6.07) is 0. The topological polar surface area (TPSA) is 26.3 Å². The summed E-state index contributed by atoms with van der Waals surface area (Å²) in [5.74, 6) is 5.58. The predicted molar refractivity (Wildman–Crippen MR) is 133 cm³/mol. The highest BCUT2D eigenvalue weighted by Crippen LogP contribution is 2.67. The zero-order chi connectivity index (χ0) is 23.3. The number of allylic oxidation sites excluding steroid dienone is 2. The van der Waals surface area contributed by atoms with E-state index in [1.165, 1.54) is 51.4 Å². The van der Waals surface area contributed by atoms with E-state index < -0.39 is 0 Å². The van der Waals surface area contributed by atoms with Crippen LogP contribution in [0.2, 0.25) is 0 Å². The van der Waals surface area contributed by atoms with Crippen LogP contribution in [0.5, 0.6) is 0 Å². The van der Waals surface area contributed by atoms with Crippen molar-refractivity contribution in [3.05, 3.63) is 11.6 Å². The smallest absolute Gasteiger partial charge is 0.302 e. The molecule has 0 bridgehead atoms. The lowest BCUT2D eigenvalue weighted by atomic mass is 9.47. The Kier molecular flexibility index (Phi) is 6.92. The third-order valence-corrected chi connectivity index (χ3v) is 11.3. The first kappa shape index (κ1) is 24.3. The van der Waals surface area contributed by atoms with E-state index in [1.807, 2.05) is 5.57 Å². The molecule has 2 nitrogen and oxygen atoms in total. The first-order valence-electron chi connectivity index (χ1n) is 13.9. The van der Waals surface area contributed by atoms with Crippen LogP contribution in [0.15, 0.2) is 11.6 Å². The van der Waals surface area contributed by atoms with E-state index >= 15 is 0 Å². The number of ether oxygens (including phenoxy) is 1. The molecule has 32 heavy (non-hydrogen) atoms. The van der Waals surface area contributed by atoms with Gasteiger partial charge in [0, 0.05) is 6.92 Å². The van der Waals surface area contributed by atoms with Crippen molar-refractivity contribution in [1.29, 1.82) is 0 Å². The van der Waals surface area contributed by atoms with Crippen molar-refractivity contribution in [3.63, 3.8) is 0 Å². The van der Waals surface area contributed by atoms with Crippen LogP contribution in [0.25, 0.3) is 0 Å². The van der Waals surface area contributed by atoms with Gasteiger partial charge in [-0.2, -0.15) is 0 Å². The molecule has 0 saturated heterocycles. The Morgan fingerprint density at radius 2 is 1.69 bits per heavy atom. The first-order valence-corrected chi connectivity index (χ1v) is 13.9. The number of rotatable bonds is 6. The molecular weight excluding hydrogens is 392 g/mol. The molecule has 4 aliphatic carbocycles. The van der Waals surface area contributed by atoms with Crippen molar-refractivity contribution < 1.29 is 9.53 Å². The van der Waals surface area contributed by atoms with E-state index in [2.05, 4.69) is 47.6 Å². The highest BCUT2D eigenvalue weighted by Gasteiger charge is 2.58. The SMILES string of the molecule is CC(=O)O[C@@H]1CC[C@]2(C)[C@@H](CC=C3[C@H]2CC[C@]2(C)[C@H]3CC[C@H]2[C@H](C)CC[C@H](C)C(C)C)C1. The molecule has 9 atom stereocenters. The van der Waals surface area contributed by atoms with Gasteiger partial charge in [0.1, 0.15) is 6.10 Å². The van der Waals surface area contributed by atoms with Crippen LogP contribution in [-0.4, -0.2) is 12.1 Å². The van der Waals surface area contributed by atoms with Gasteiger partial charge in [0.2, 0.25) is 0 Å². The molecule has 2 heteroatoms. The lowest BCUT2D eigenvalue weighted by Crippen LogP contribution is -2.50. The van der Waals surface area contributed by atoms with Gasteiger partial charge in [0.05, 0.1) is 0 Å². The Labute approximate surface area is 198 Å². The summed E-state index contributed by atoms with van der Waals surface area (Å²) in [6.07, 6.45) is 15.9. The molecule has 0 unspecified atom stereocenters. The van der Waals surface area contributed by atoms with Crippen LogP contribution < -0.4 is 0 Å². The second-order valence-electron chi connectivity index (χ2n) is 13.3. The molecule has 0 spiro atoms. The van der Waals surface area contributed by atoms with Gasteiger partial charge in [-0.3, -0.25) is 4.79 Å². The lowest BCUT2D eigenvalue weighted by Gasteiger charge is -2.58. The Morgan fingerprint density at radius 1 is 1.00 bits per heavy atom. The molecular formula is C30H50O2. The summed E-state index contributed by atoms with van der Waals surface area (Å²) < 4.78 is 5.64. The summed E-state index contributed by atoms with van der Waals surface area (Å²) in [5.41, 5.74) is 2.79. The molecule has 0 aromatic carbocycles. The van der Waals surface area contributed by atoms with E-state index in [0.29, 0.717) is 16.7 Å². The Balaban J connectivity index is 1.47. The minimum Gasteiger partial charge on any atom is -0.463 e. The molecule has 0 aromatic heterocycles. The van der Waals surface area contributed by atoms with Crippen LogP contribution in [0.4, 0.5) is 0 Å². The van der Waals surface area contributed by atoms with E-state index in [0.717, 1.165) is 48.3 Å². The monoisotopic (exact) mass is 442 g/mol. The van der Waals surface area contributed by atoms with Crippen LogP contribution in [0.3, 0.4) is 0 Å². The summed E-state index contributed by atoms with van der Waals surface area (Å²) in [4.78, 5) is 11.5. The molecule has 0 aromatic rings. The van der Waals surface area contributed by atoms with Crippen molar-refractivity contribution in [2.45, 2.75) is 119 Å². The fourth-order valence-electron chi connectivity index (χ4n) is 8.85. The number of fused-ring (bicyclic) bond motifs is 5. The first-order chi connectivity index (χ1) is 15.1. The molecule has 0 radical (unpaired) electrons. The summed E-state index contributed by atoms with van der Waals surface area (Å²) in [5, 5.41) is 0. The Bertz CT molecular complexity index is 722. The quantitative estimate of drug-likeness (QED) is 0.306. The Hall–Kier alpha value is -0.790. The maximum absolute atomic E-state index is 11.5.